The lowest BCUT2D eigenvalue weighted by Crippen LogP contribution is -2.33. The van der Waals surface area contributed by atoms with Crippen LogP contribution in [0.3, 0.4) is 0 Å². The van der Waals surface area contributed by atoms with E-state index in [2.05, 4.69) is 11.2 Å². The first kappa shape index (κ1) is 11.6. The minimum absolute atomic E-state index is 0.484. The Morgan fingerprint density at radius 2 is 2.07 bits per heavy atom. The largest absolute Gasteiger partial charge is 0.378 e. The van der Waals surface area contributed by atoms with E-state index in [0.717, 1.165) is 19.4 Å². The van der Waals surface area contributed by atoms with Crippen molar-refractivity contribution in [2.75, 3.05) is 13.7 Å². The monoisotopic (exact) mass is 195 g/mol. The minimum atomic E-state index is 0.484. The van der Waals surface area contributed by atoms with Crippen LogP contribution >= 0.6 is 0 Å². The third-order valence-corrected chi connectivity index (χ3v) is 2.90. The normalized spacial score (nSPS) is 27.1. The van der Waals surface area contributed by atoms with Gasteiger partial charge in [0.15, 0.2) is 0 Å². The molecule has 1 fully saturated rings. The number of nitrogens with one attached hydrogen (secondary N) is 1. The van der Waals surface area contributed by atoms with Crippen molar-refractivity contribution in [2.24, 2.45) is 0 Å². The van der Waals surface area contributed by atoms with Gasteiger partial charge in [0.05, 0.1) is 6.10 Å². The molecule has 1 rings (SSSR count). The maximum Gasteiger partial charge on any atom is 0.0576 e. The van der Waals surface area contributed by atoms with Crippen LogP contribution in [-0.4, -0.2) is 25.8 Å². The second-order valence-corrected chi connectivity index (χ2v) is 3.94. The first-order valence-corrected chi connectivity index (χ1v) is 5.59. The van der Waals surface area contributed by atoms with Crippen molar-refractivity contribution in [1.29, 1.82) is 0 Å². The Morgan fingerprint density at radius 3 is 2.64 bits per heavy atom. The first-order valence-electron chi connectivity index (χ1n) is 5.59. The number of hydrogen-bond donors (Lipinski definition) is 1. The molecule has 80 valence electrons. The van der Waals surface area contributed by atoms with Gasteiger partial charge in [-0.05, 0) is 39.2 Å². The van der Waals surface area contributed by atoms with Crippen molar-refractivity contribution in [3.8, 4) is 12.3 Å². The van der Waals surface area contributed by atoms with E-state index >= 15 is 0 Å². The smallest absolute Gasteiger partial charge is 0.0576 e. The van der Waals surface area contributed by atoms with Crippen molar-refractivity contribution < 1.29 is 4.74 Å². The van der Waals surface area contributed by atoms with Crippen molar-refractivity contribution in [3.63, 3.8) is 0 Å². The predicted molar refractivity (Wildman–Crippen MR) is 59.1 cm³/mol. The molecule has 0 heterocycles. The highest BCUT2D eigenvalue weighted by molar-refractivity contribution is 4.83. The van der Waals surface area contributed by atoms with Crippen molar-refractivity contribution >= 4 is 0 Å². The number of terminal acetylenes is 1. The van der Waals surface area contributed by atoms with Crippen LogP contribution in [0.4, 0.5) is 0 Å². The SMILES string of the molecule is C#CCCCOC1CCC(NC)CC1. The first-order chi connectivity index (χ1) is 6.86. The van der Waals surface area contributed by atoms with Crippen molar-refractivity contribution in [1.82, 2.24) is 5.32 Å². The molecule has 1 saturated carbocycles. The molecule has 1 aliphatic carbocycles. The van der Waals surface area contributed by atoms with Gasteiger partial charge in [0.25, 0.3) is 0 Å². The van der Waals surface area contributed by atoms with E-state index in [4.69, 9.17) is 11.2 Å². The average Bonchev–Trinajstić information content (AvgIpc) is 2.25. The molecular weight excluding hydrogens is 174 g/mol. The van der Waals surface area contributed by atoms with Gasteiger partial charge in [0, 0.05) is 19.1 Å². The molecule has 0 atom stereocenters. The number of unbranched alkanes of at least 4 members (excludes halogenated alkanes) is 1. The van der Waals surface area contributed by atoms with Crippen molar-refractivity contribution in [3.05, 3.63) is 0 Å². The van der Waals surface area contributed by atoms with Crippen molar-refractivity contribution in [2.45, 2.75) is 50.7 Å². The average molecular weight is 195 g/mol. The summed E-state index contributed by atoms with van der Waals surface area (Å²) in [5.74, 6) is 2.63. The Balaban J connectivity index is 2.02. The van der Waals surface area contributed by atoms with E-state index in [1.54, 1.807) is 0 Å². The molecule has 0 bridgehead atoms. The summed E-state index contributed by atoms with van der Waals surface area (Å²) in [5, 5.41) is 3.32. The van der Waals surface area contributed by atoms with Crippen LogP contribution < -0.4 is 5.32 Å². The van der Waals surface area contributed by atoms with E-state index < -0.39 is 0 Å². The fourth-order valence-electron chi connectivity index (χ4n) is 1.94. The van der Waals surface area contributed by atoms with Gasteiger partial charge in [-0.25, -0.2) is 0 Å². The second-order valence-electron chi connectivity index (χ2n) is 3.94. The molecule has 14 heavy (non-hydrogen) atoms. The fourth-order valence-corrected chi connectivity index (χ4v) is 1.94. The van der Waals surface area contributed by atoms with Crippen LogP contribution in [0.25, 0.3) is 0 Å². The molecule has 0 aromatic rings. The van der Waals surface area contributed by atoms with Crippen LogP contribution in [0.15, 0.2) is 0 Å². The molecule has 0 spiro atoms. The van der Waals surface area contributed by atoms with E-state index in [1.807, 2.05) is 7.05 Å². The van der Waals surface area contributed by atoms with E-state index in [9.17, 15) is 0 Å². The van der Waals surface area contributed by atoms with Gasteiger partial charge in [0.1, 0.15) is 0 Å². The Labute approximate surface area is 87.4 Å². The standard InChI is InChI=1S/C12H21NO/c1-3-4-5-10-14-12-8-6-11(13-2)7-9-12/h1,11-13H,4-10H2,2H3. The van der Waals surface area contributed by atoms with Gasteiger partial charge in [-0.1, -0.05) is 0 Å². The molecule has 0 saturated heterocycles. The molecule has 0 amide bonds. The number of rotatable bonds is 5. The molecule has 0 aromatic heterocycles. The summed E-state index contributed by atoms with van der Waals surface area (Å²) >= 11 is 0. The van der Waals surface area contributed by atoms with Crippen LogP contribution in [-0.2, 0) is 4.74 Å². The Kier molecular flexibility index (Phi) is 5.66. The zero-order chi connectivity index (χ0) is 10.2. The quantitative estimate of drug-likeness (QED) is 0.535. The van der Waals surface area contributed by atoms with Gasteiger partial charge < -0.3 is 10.1 Å². The summed E-state index contributed by atoms with van der Waals surface area (Å²) in [5.41, 5.74) is 0. The van der Waals surface area contributed by atoms with E-state index in [-0.39, 0.29) is 0 Å². The Hall–Kier alpha value is -0.520. The van der Waals surface area contributed by atoms with Gasteiger partial charge in [-0.3, -0.25) is 0 Å². The minimum Gasteiger partial charge on any atom is -0.378 e. The van der Waals surface area contributed by atoms with Crippen LogP contribution in [0.5, 0.6) is 0 Å². The summed E-state index contributed by atoms with van der Waals surface area (Å²) in [7, 11) is 2.04. The van der Waals surface area contributed by atoms with Crippen LogP contribution in [0.1, 0.15) is 38.5 Å². The molecule has 0 unspecified atom stereocenters. The van der Waals surface area contributed by atoms with Crippen LogP contribution in [0.2, 0.25) is 0 Å². The molecule has 0 aromatic carbocycles. The van der Waals surface area contributed by atoms with Gasteiger partial charge in [-0.15, -0.1) is 12.3 Å². The highest BCUT2D eigenvalue weighted by atomic mass is 16.5. The highest BCUT2D eigenvalue weighted by Gasteiger charge is 2.19. The number of hydrogen-bond acceptors (Lipinski definition) is 2. The maximum atomic E-state index is 5.75. The van der Waals surface area contributed by atoms with E-state index in [0.29, 0.717) is 12.1 Å². The predicted octanol–water partition coefficient (Wildman–Crippen LogP) is 1.95. The van der Waals surface area contributed by atoms with Gasteiger partial charge in [-0.2, -0.15) is 0 Å². The fraction of sp³-hybridized carbons (Fsp3) is 0.833. The summed E-state index contributed by atoms with van der Waals surface area (Å²) in [6.07, 6.45) is 12.4. The zero-order valence-electron chi connectivity index (χ0n) is 9.09. The maximum absolute atomic E-state index is 5.75. The second kappa shape index (κ2) is 6.86. The molecule has 2 heteroatoms. The lowest BCUT2D eigenvalue weighted by Gasteiger charge is -2.28. The Morgan fingerprint density at radius 1 is 1.36 bits per heavy atom. The molecule has 0 aliphatic heterocycles. The van der Waals surface area contributed by atoms with Crippen LogP contribution in [0, 0.1) is 12.3 Å². The van der Waals surface area contributed by atoms with Gasteiger partial charge >= 0.3 is 0 Å². The number of ether oxygens (including phenoxy) is 1. The molecule has 1 N–H and O–H groups in total. The summed E-state index contributed by atoms with van der Waals surface area (Å²) < 4.78 is 5.75. The molecule has 2 nitrogen and oxygen atoms in total. The lowest BCUT2D eigenvalue weighted by molar-refractivity contribution is 0.0224. The topological polar surface area (TPSA) is 21.3 Å². The van der Waals surface area contributed by atoms with E-state index in [1.165, 1.54) is 25.7 Å². The molecule has 0 radical (unpaired) electrons. The third-order valence-electron chi connectivity index (χ3n) is 2.90. The Bertz CT molecular complexity index is 177. The summed E-state index contributed by atoms with van der Waals surface area (Å²) in [4.78, 5) is 0. The highest BCUT2D eigenvalue weighted by Crippen LogP contribution is 2.20. The lowest BCUT2D eigenvalue weighted by atomic mass is 9.93. The molecule has 1 aliphatic rings. The molecular formula is C12H21NO. The summed E-state index contributed by atoms with van der Waals surface area (Å²) in [6, 6.07) is 0.709. The summed E-state index contributed by atoms with van der Waals surface area (Å²) in [6.45, 7) is 0.832. The third kappa shape index (κ3) is 4.13. The zero-order valence-corrected chi connectivity index (χ0v) is 9.09. The van der Waals surface area contributed by atoms with Gasteiger partial charge in [0.2, 0.25) is 0 Å².